The van der Waals surface area contributed by atoms with Gasteiger partial charge < -0.3 is 15.5 Å². The predicted molar refractivity (Wildman–Crippen MR) is 110 cm³/mol. The smallest absolute Gasteiger partial charge is 0.256 e. The van der Waals surface area contributed by atoms with Crippen LogP contribution >= 0.6 is 0 Å². The molecule has 2 heterocycles. The molecule has 2 aromatic carbocycles. The standard InChI is InChI=1S/C22H21FN4O2/c1-14(28)26-7-9-27(10-8-26)22(29)20-13-25-21(24)19-12-16(5-6-18(19)20)15-3-2-4-17(23)11-15/h2-6,11-13H,7-10H2,1H3,(H2,24,25). The summed E-state index contributed by atoms with van der Waals surface area (Å²) in [5.41, 5.74) is 8.07. The van der Waals surface area contributed by atoms with E-state index in [1.807, 2.05) is 24.3 Å². The highest BCUT2D eigenvalue weighted by molar-refractivity contribution is 6.09. The van der Waals surface area contributed by atoms with Crippen molar-refractivity contribution in [3.63, 3.8) is 0 Å². The van der Waals surface area contributed by atoms with Crippen LogP contribution in [0.15, 0.2) is 48.7 Å². The molecule has 0 saturated carbocycles. The Morgan fingerprint density at radius 2 is 1.66 bits per heavy atom. The van der Waals surface area contributed by atoms with Crippen LogP contribution in [0.5, 0.6) is 0 Å². The Hall–Kier alpha value is -3.48. The Kier molecular flexibility index (Phi) is 4.88. The van der Waals surface area contributed by atoms with Crippen LogP contribution in [0, 0.1) is 5.82 Å². The van der Waals surface area contributed by atoms with Crippen molar-refractivity contribution < 1.29 is 14.0 Å². The molecule has 0 atom stereocenters. The molecule has 1 aromatic heterocycles. The predicted octanol–water partition coefficient (Wildman–Crippen LogP) is 2.93. The quantitative estimate of drug-likeness (QED) is 0.727. The molecule has 0 unspecified atom stereocenters. The number of piperazine rings is 1. The molecule has 0 aliphatic carbocycles. The fourth-order valence-corrected chi connectivity index (χ4v) is 3.68. The third-order valence-corrected chi connectivity index (χ3v) is 5.32. The average molecular weight is 392 g/mol. The molecule has 2 N–H and O–H groups in total. The zero-order valence-corrected chi connectivity index (χ0v) is 16.1. The number of hydrogen-bond donors (Lipinski definition) is 1. The summed E-state index contributed by atoms with van der Waals surface area (Å²) in [4.78, 5) is 32.3. The monoisotopic (exact) mass is 392 g/mol. The zero-order chi connectivity index (χ0) is 20.5. The van der Waals surface area contributed by atoms with E-state index in [-0.39, 0.29) is 17.6 Å². The number of nitrogens with zero attached hydrogens (tertiary/aromatic N) is 3. The van der Waals surface area contributed by atoms with E-state index in [0.29, 0.717) is 48.3 Å². The number of pyridine rings is 1. The zero-order valence-electron chi connectivity index (χ0n) is 16.1. The Bertz CT molecular complexity index is 1110. The van der Waals surface area contributed by atoms with Crippen molar-refractivity contribution >= 4 is 28.4 Å². The first-order valence-electron chi connectivity index (χ1n) is 9.43. The van der Waals surface area contributed by atoms with Gasteiger partial charge in [-0.2, -0.15) is 0 Å². The summed E-state index contributed by atoms with van der Waals surface area (Å²) in [7, 11) is 0. The first kappa shape index (κ1) is 18.9. The van der Waals surface area contributed by atoms with Crippen LogP contribution in [0.2, 0.25) is 0 Å². The van der Waals surface area contributed by atoms with E-state index in [4.69, 9.17) is 5.73 Å². The molecular weight excluding hydrogens is 371 g/mol. The van der Waals surface area contributed by atoms with Crippen LogP contribution < -0.4 is 5.73 Å². The normalized spacial score (nSPS) is 14.3. The minimum atomic E-state index is -0.317. The van der Waals surface area contributed by atoms with E-state index in [0.717, 1.165) is 11.1 Å². The third kappa shape index (κ3) is 3.63. The van der Waals surface area contributed by atoms with E-state index in [2.05, 4.69) is 4.98 Å². The Morgan fingerprint density at radius 3 is 2.34 bits per heavy atom. The summed E-state index contributed by atoms with van der Waals surface area (Å²) < 4.78 is 13.6. The number of amides is 2. The molecule has 4 rings (SSSR count). The first-order valence-corrected chi connectivity index (χ1v) is 9.43. The molecule has 0 bridgehead atoms. The molecule has 3 aromatic rings. The van der Waals surface area contributed by atoms with Crippen LogP contribution in [0.3, 0.4) is 0 Å². The van der Waals surface area contributed by atoms with Gasteiger partial charge in [-0.1, -0.05) is 24.3 Å². The van der Waals surface area contributed by atoms with Gasteiger partial charge in [-0.15, -0.1) is 0 Å². The number of nitrogens with two attached hydrogens (primary N) is 1. The van der Waals surface area contributed by atoms with Crippen molar-refractivity contribution in [3.8, 4) is 11.1 Å². The Balaban J connectivity index is 1.68. The van der Waals surface area contributed by atoms with Crippen LogP contribution in [0.4, 0.5) is 10.2 Å². The van der Waals surface area contributed by atoms with Crippen LogP contribution in [-0.2, 0) is 4.79 Å². The van der Waals surface area contributed by atoms with E-state index in [1.165, 1.54) is 25.3 Å². The summed E-state index contributed by atoms with van der Waals surface area (Å²) in [6.07, 6.45) is 1.50. The van der Waals surface area contributed by atoms with Gasteiger partial charge in [0.1, 0.15) is 11.6 Å². The lowest BCUT2D eigenvalue weighted by molar-refractivity contribution is -0.130. The molecule has 1 aliphatic rings. The lowest BCUT2D eigenvalue weighted by Crippen LogP contribution is -2.50. The lowest BCUT2D eigenvalue weighted by Gasteiger charge is -2.34. The van der Waals surface area contributed by atoms with Gasteiger partial charge in [0.25, 0.3) is 5.91 Å². The van der Waals surface area contributed by atoms with Gasteiger partial charge >= 0.3 is 0 Å². The molecule has 148 valence electrons. The number of fused-ring (bicyclic) bond motifs is 1. The van der Waals surface area contributed by atoms with Crippen molar-refractivity contribution in [2.45, 2.75) is 6.92 Å². The summed E-state index contributed by atoms with van der Waals surface area (Å²) in [6, 6.07) is 11.8. The summed E-state index contributed by atoms with van der Waals surface area (Å²) in [6.45, 7) is 3.53. The first-order chi connectivity index (χ1) is 13.9. The molecule has 7 heteroatoms. The molecule has 0 radical (unpaired) electrons. The van der Waals surface area contributed by atoms with Gasteiger partial charge in [0, 0.05) is 44.7 Å². The second kappa shape index (κ2) is 7.50. The van der Waals surface area contributed by atoms with E-state index in [9.17, 15) is 14.0 Å². The van der Waals surface area contributed by atoms with E-state index < -0.39 is 0 Å². The third-order valence-electron chi connectivity index (χ3n) is 5.32. The highest BCUT2D eigenvalue weighted by atomic mass is 19.1. The van der Waals surface area contributed by atoms with Gasteiger partial charge in [0.15, 0.2) is 0 Å². The molecule has 2 amide bonds. The number of carbonyl (C=O) groups is 2. The van der Waals surface area contributed by atoms with Crippen LogP contribution in [-0.4, -0.2) is 52.8 Å². The maximum absolute atomic E-state index is 13.6. The number of benzene rings is 2. The number of halogens is 1. The van der Waals surface area contributed by atoms with Crippen molar-refractivity contribution in [2.75, 3.05) is 31.9 Å². The molecule has 6 nitrogen and oxygen atoms in total. The fraction of sp³-hybridized carbons (Fsp3) is 0.227. The summed E-state index contributed by atoms with van der Waals surface area (Å²) in [5, 5.41) is 1.36. The fourth-order valence-electron chi connectivity index (χ4n) is 3.68. The van der Waals surface area contributed by atoms with Crippen molar-refractivity contribution in [1.82, 2.24) is 14.8 Å². The molecule has 29 heavy (non-hydrogen) atoms. The SMILES string of the molecule is CC(=O)N1CCN(C(=O)c2cnc(N)c3cc(-c4cccc(F)c4)ccc23)CC1. The second-order valence-corrected chi connectivity index (χ2v) is 7.13. The summed E-state index contributed by atoms with van der Waals surface area (Å²) >= 11 is 0. The maximum Gasteiger partial charge on any atom is 0.256 e. The van der Waals surface area contributed by atoms with Gasteiger partial charge in [0.05, 0.1) is 5.56 Å². The highest BCUT2D eigenvalue weighted by Crippen LogP contribution is 2.30. The Morgan fingerprint density at radius 1 is 0.966 bits per heavy atom. The van der Waals surface area contributed by atoms with Crippen LogP contribution in [0.1, 0.15) is 17.3 Å². The van der Waals surface area contributed by atoms with Crippen molar-refractivity contribution in [2.24, 2.45) is 0 Å². The highest BCUT2D eigenvalue weighted by Gasteiger charge is 2.25. The number of nitrogen functional groups attached to an aromatic ring is 1. The lowest BCUT2D eigenvalue weighted by atomic mass is 9.99. The Labute approximate surface area is 167 Å². The van der Waals surface area contributed by atoms with E-state index in [1.54, 1.807) is 15.9 Å². The van der Waals surface area contributed by atoms with Gasteiger partial charge in [-0.05, 0) is 34.7 Å². The van der Waals surface area contributed by atoms with Gasteiger partial charge in [-0.3, -0.25) is 9.59 Å². The number of carbonyl (C=O) groups excluding carboxylic acids is 2. The molecule has 1 aliphatic heterocycles. The molecule has 0 spiro atoms. The number of anilines is 1. The number of aromatic nitrogens is 1. The maximum atomic E-state index is 13.6. The summed E-state index contributed by atoms with van der Waals surface area (Å²) in [5.74, 6) is -0.121. The molecular formula is C22H21FN4O2. The second-order valence-electron chi connectivity index (χ2n) is 7.13. The number of rotatable bonds is 2. The molecule has 1 saturated heterocycles. The van der Waals surface area contributed by atoms with Gasteiger partial charge in [0.2, 0.25) is 5.91 Å². The largest absolute Gasteiger partial charge is 0.383 e. The van der Waals surface area contributed by atoms with Crippen LogP contribution in [0.25, 0.3) is 21.9 Å². The van der Waals surface area contributed by atoms with Crippen molar-refractivity contribution in [3.05, 3.63) is 60.0 Å². The van der Waals surface area contributed by atoms with Gasteiger partial charge in [-0.25, -0.2) is 9.37 Å². The van der Waals surface area contributed by atoms with Crippen molar-refractivity contribution in [1.29, 1.82) is 0 Å². The number of hydrogen-bond acceptors (Lipinski definition) is 4. The molecule has 1 fully saturated rings. The van der Waals surface area contributed by atoms with E-state index >= 15 is 0 Å². The minimum Gasteiger partial charge on any atom is -0.383 e. The minimum absolute atomic E-state index is 0.0154. The topological polar surface area (TPSA) is 79.5 Å². The average Bonchev–Trinajstić information content (AvgIpc) is 2.73.